The van der Waals surface area contributed by atoms with Gasteiger partial charge in [-0.25, -0.2) is 19.4 Å². The molecule has 5 aromatic rings. The van der Waals surface area contributed by atoms with Crippen LogP contribution in [-0.4, -0.2) is 30.7 Å². The van der Waals surface area contributed by atoms with Crippen LogP contribution in [0.3, 0.4) is 0 Å². The number of aromatic nitrogens is 5. The molecular formula is C25H19N5O3. The lowest BCUT2D eigenvalue weighted by atomic mass is 10.1. The number of nitrogens with zero attached hydrogens (tertiary/aromatic N) is 4. The molecule has 0 spiro atoms. The van der Waals surface area contributed by atoms with Crippen LogP contribution in [0.15, 0.2) is 83.7 Å². The normalized spacial score (nSPS) is 10.9. The largest absolute Gasteiger partial charge is 0.452 e. The molecule has 8 nitrogen and oxygen atoms in total. The van der Waals surface area contributed by atoms with E-state index < -0.39 is 5.97 Å². The number of para-hydroxylation sites is 2. The number of ether oxygens (including phenoxy) is 1. The van der Waals surface area contributed by atoms with Gasteiger partial charge in [0.1, 0.15) is 12.4 Å². The molecule has 0 bridgehead atoms. The standard InChI is InChI=1S/C25H19N5O3/c1-16-9-8-14-19-21(16)26-20(27-24(19)31)15-33-25(32)22-28-23(17-10-4-2-5-11-17)30(29-22)18-12-6-3-7-13-18/h2-14H,15H2,1H3,(H,26,27,31). The Bertz CT molecular complexity index is 1450. The van der Waals surface area contributed by atoms with Crippen LogP contribution in [0.2, 0.25) is 0 Å². The number of carbonyl (C=O) groups excluding carboxylic acids is 1. The Hall–Kier alpha value is -4.59. The number of esters is 1. The average molecular weight is 437 g/mol. The summed E-state index contributed by atoms with van der Waals surface area (Å²) in [5.41, 5.74) is 2.72. The summed E-state index contributed by atoms with van der Waals surface area (Å²) < 4.78 is 6.99. The zero-order valence-electron chi connectivity index (χ0n) is 17.7. The van der Waals surface area contributed by atoms with Gasteiger partial charge in [0, 0.05) is 5.56 Å². The number of hydrogen-bond donors (Lipinski definition) is 1. The fourth-order valence-corrected chi connectivity index (χ4v) is 3.54. The first-order valence-corrected chi connectivity index (χ1v) is 10.3. The fraction of sp³-hybridized carbons (Fsp3) is 0.0800. The van der Waals surface area contributed by atoms with E-state index in [1.165, 1.54) is 0 Å². The van der Waals surface area contributed by atoms with Gasteiger partial charge in [-0.1, -0.05) is 60.7 Å². The number of fused-ring (bicyclic) bond motifs is 1. The minimum atomic E-state index is -0.714. The lowest BCUT2D eigenvalue weighted by Crippen LogP contribution is -2.15. The van der Waals surface area contributed by atoms with Crippen molar-refractivity contribution >= 4 is 16.9 Å². The third kappa shape index (κ3) is 4.01. The van der Waals surface area contributed by atoms with Crippen LogP contribution < -0.4 is 5.56 Å². The molecular weight excluding hydrogens is 418 g/mol. The lowest BCUT2D eigenvalue weighted by molar-refractivity contribution is 0.0448. The zero-order chi connectivity index (χ0) is 22.8. The Morgan fingerprint density at radius 1 is 0.939 bits per heavy atom. The number of carbonyl (C=O) groups is 1. The van der Waals surface area contributed by atoms with Crippen molar-refractivity contribution in [2.45, 2.75) is 13.5 Å². The minimum Gasteiger partial charge on any atom is -0.452 e. The molecule has 162 valence electrons. The fourth-order valence-electron chi connectivity index (χ4n) is 3.54. The molecule has 0 unspecified atom stereocenters. The predicted molar refractivity (Wildman–Crippen MR) is 123 cm³/mol. The van der Waals surface area contributed by atoms with E-state index in [0.29, 0.717) is 16.7 Å². The van der Waals surface area contributed by atoms with Gasteiger partial charge >= 0.3 is 5.97 Å². The molecule has 5 rings (SSSR count). The molecule has 0 saturated heterocycles. The van der Waals surface area contributed by atoms with Gasteiger partial charge < -0.3 is 9.72 Å². The molecule has 3 aromatic carbocycles. The Labute approximate surface area is 188 Å². The van der Waals surface area contributed by atoms with Gasteiger partial charge in [0.15, 0.2) is 5.82 Å². The Balaban J connectivity index is 1.45. The van der Waals surface area contributed by atoms with Gasteiger partial charge in [-0.05, 0) is 30.7 Å². The van der Waals surface area contributed by atoms with Crippen LogP contribution in [-0.2, 0) is 11.3 Å². The van der Waals surface area contributed by atoms with Crippen LogP contribution in [0.1, 0.15) is 22.0 Å². The number of rotatable bonds is 5. The number of benzene rings is 3. The number of nitrogens with one attached hydrogen (secondary N) is 1. The molecule has 0 radical (unpaired) electrons. The molecule has 2 heterocycles. The van der Waals surface area contributed by atoms with Crippen molar-refractivity contribution in [3.63, 3.8) is 0 Å². The summed E-state index contributed by atoms with van der Waals surface area (Å²) in [7, 11) is 0. The zero-order valence-corrected chi connectivity index (χ0v) is 17.7. The van der Waals surface area contributed by atoms with E-state index in [4.69, 9.17) is 4.74 Å². The molecule has 0 aliphatic rings. The Kier molecular flexibility index (Phi) is 5.24. The minimum absolute atomic E-state index is 0.0861. The first kappa shape index (κ1) is 20.3. The van der Waals surface area contributed by atoms with Crippen LogP contribution in [0.5, 0.6) is 0 Å². The topological polar surface area (TPSA) is 103 Å². The average Bonchev–Trinajstić information content (AvgIpc) is 3.30. The number of H-pyrrole nitrogens is 1. The van der Waals surface area contributed by atoms with Crippen molar-refractivity contribution in [3.8, 4) is 17.1 Å². The maximum atomic E-state index is 12.8. The van der Waals surface area contributed by atoms with Crippen LogP contribution in [0, 0.1) is 6.92 Å². The van der Waals surface area contributed by atoms with E-state index >= 15 is 0 Å². The van der Waals surface area contributed by atoms with Gasteiger partial charge in [0.05, 0.1) is 16.6 Å². The Morgan fingerprint density at radius 3 is 2.42 bits per heavy atom. The number of aromatic amines is 1. The third-order valence-electron chi connectivity index (χ3n) is 5.15. The van der Waals surface area contributed by atoms with Crippen LogP contribution >= 0.6 is 0 Å². The molecule has 1 N–H and O–H groups in total. The van der Waals surface area contributed by atoms with Crippen molar-refractivity contribution in [1.82, 2.24) is 24.7 Å². The summed E-state index contributed by atoms with van der Waals surface area (Å²) in [6.07, 6.45) is 0. The summed E-state index contributed by atoms with van der Waals surface area (Å²) in [6.45, 7) is 1.66. The van der Waals surface area contributed by atoms with E-state index in [9.17, 15) is 9.59 Å². The van der Waals surface area contributed by atoms with E-state index in [1.54, 1.807) is 16.8 Å². The van der Waals surface area contributed by atoms with Gasteiger partial charge in [0.2, 0.25) is 0 Å². The maximum absolute atomic E-state index is 12.8. The molecule has 0 aliphatic heterocycles. The molecule has 0 fully saturated rings. The highest BCUT2D eigenvalue weighted by Gasteiger charge is 2.20. The van der Waals surface area contributed by atoms with E-state index in [2.05, 4.69) is 20.1 Å². The number of hydrogen-bond acceptors (Lipinski definition) is 6. The van der Waals surface area contributed by atoms with Crippen LogP contribution in [0.4, 0.5) is 0 Å². The quantitative estimate of drug-likeness (QED) is 0.419. The lowest BCUT2D eigenvalue weighted by Gasteiger charge is -2.05. The van der Waals surface area contributed by atoms with Gasteiger partial charge in [-0.15, -0.1) is 5.10 Å². The van der Waals surface area contributed by atoms with Gasteiger partial charge in [-0.3, -0.25) is 4.79 Å². The van der Waals surface area contributed by atoms with Crippen molar-refractivity contribution in [3.05, 3.63) is 106 Å². The van der Waals surface area contributed by atoms with Crippen molar-refractivity contribution < 1.29 is 9.53 Å². The predicted octanol–water partition coefficient (Wildman–Crippen LogP) is 3.84. The van der Waals surface area contributed by atoms with E-state index in [0.717, 1.165) is 16.8 Å². The monoisotopic (exact) mass is 437 g/mol. The molecule has 33 heavy (non-hydrogen) atoms. The summed E-state index contributed by atoms with van der Waals surface area (Å²) in [4.78, 5) is 36.7. The summed E-state index contributed by atoms with van der Waals surface area (Å²) in [5, 5.41) is 4.88. The SMILES string of the molecule is Cc1cccc2c(=O)[nH]c(COC(=O)c3nc(-c4ccccc4)n(-c4ccccc4)n3)nc12. The van der Waals surface area contributed by atoms with E-state index in [1.807, 2.05) is 73.7 Å². The van der Waals surface area contributed by atoms with Crippen molar-refractivity contribution in [2.75, 3.05) is 0 Å². The second kappa shape index (κ2) is 8.51. The second-order valence-corrected chi connectivity index (χ2v) is 7.43. The highest BCUT2D eigenvalue weighted by Crippen LogP contribution is 2.21. The first-order chi connectivity index (χ1) is 16.1. The third-order valence-corrected chi connectivity index (χ3v) is 5.15. The number of aryl methyl sites for hydroxylation is 1. The molecule has 0 atom stereocenters. The maximum Gasteiger partial charge on any atom is 0.378 e. The molecule has 0 saturated carbocycles. The van der Waals surface area contributed by atoms with Gasteiger partial charge in [-0.2, -0.15) is 0 Å². The summed E-state index contributed by atoms with van der Waals surface area (Å²) >= 11 is 0. The highest BCUT2D eigenvalue weighted by atomic mass is 16.5. The molecule has 2 aromatic heterocycles. The summed E-state index contributed by atoms with van der Waals surface area (Å²) in [5.74, 6) is -0.0334. The second-order valence-electron chi connectivity index (χ2n) is 7.43. The van der Waals surface area contributed by atoms with Gasteiger partial charge in [0.25, 0.3) is 11.4 Å². The molecule has 0 aliphatic carbocycles. The van der Waals surface area contributed by atoms with E-state index in [-0.39, 0.29) is 23.8 Å². The smallest absolute Gasteiger partial charge is 0.378 e. The Morgan fingerprint density at radius 2 is 1.67 bits per heavy atom. The van der Waals surface area contributed by atoms with Crippen molar-refractivity contribution in [2.24, 2.45) is 0 Å². The highest BCUT2D eigenvalue weighted by molar-refractivity contribution is 5.86. The molecule has 0 amide bonds. The van der Waals surface area contributed by atoms with Crippen LogP contribution in [0.25, 0.3) is 28.0 Å². The first-order valence-electron chi connectivity index (χ1n) is 10.3. The molecule has 8 heteroatoms. The van der Waals surface area contributed by atoms with Crippen molar-refractivity contribution in [1.29, 1.82) is 0 Å². The summed E-state index contributed by atoms with van der Waals surface area (Å²) in [6, 6.07) is 24.3.